The van der Waals surface area contributed by atoms with E-state index in [0.717, 1.165) is 44.3 Å². The summed E-state index contributed by atoms with van der Waals surface area (Å²) in [7, 11) is 3.19. The van der Waals surface area contributed by atoms with Gasteiger partial charge >= 0.3 is 5.97 Å². The number of nitrogens with one attached hydrogen (secondary N) is 2. The van der Waals surface area contributed by atoms with Crippen LogP contribution in [0.1, 0.15) is 44.4 Å². The second-order valence-electron chi connectivity index (χ2n) is 8.34. The molecule has 2 N–H and O–H groups in total. The predicted octanol–water partition coefficient (Wildman–Crippen LogP) is 4.55. The first-order valence-electron chi connectivity index (χ1n) is 11.4. The number of methoxy groups -OCH3 is 2. The van der Waals surface area contributed by atoms with E-state index in [1.807, 2.05) is 18.2 Å². The van der Waals surface area contributed by atoms with Crippen molar-refractivity contribution in [1.29, 1.82) is 0 Å². The summed E-state index contributed by atoms with van der Waals surface area (Å²) in [6.45, 7) is 4.16. The smallest absolute Gasteiger partial charge is 0.310 e. The van der Waals surface area contributed by atoms with E-state index in [1.165, 1.54) is 18.2 Å². The van der Waals surface area contributed by atoms with Crippen molar-refractivity contribution in [1.82, 2.24) is 10.6 Å². The Balaban J connectivity index is 1.72. The molecule has 2 aromatic rings. The van der Waals surface area contributed by atoms with Crippen LogP contribution in [0.2, 0.25) is 0 Å². The summed E-state index contributed by atoms with van der Waals surface area (Å²) >= 11 is 0. The van der Waals surface area contributed by atoms with Crippen molar-refractivity contribution in [2.75, 3.05) is 27.3 Å². The Hall–Kier alpha value is -2.21. The normalized spacial score (nSPS) is 17.6. The van der Waals surface area contributed by atoms with Gasteiger partial charge in [0.2, 0.25) is 0 Å². The van der Waals surface area contributed by atoms with Gasteiger partial charge in [0.1, 0.15) is 6.23 Å². The van der Waals surface area contributed by atoms with Gasteiger partial charge in [-0.15, -0.1) is 0 Å². The lowest BCUT2D eigenvalue weighted by Crippen LogP contribution is -2.44. The number of ether oxygens (including phenoxy) is 2. The van der Waals surface area contributed by atoms with Gasteiger partial charge in [0.15, 0.2) is 0 Å². The van der Waals surface area contributed by atoms with Crippen molar-refractivity contribution in [2.45, 2.75) is 44.9 Å². The second kappa shape index (κ2) is 12.0. The molecule has 1 aliphatic heterocycles. The molecule has 31 heavy (non-hydrogen) atoms. The molecule has 0 aliphatic carbocycles. The van der Waals surface area contributed by atoms with Crippen LogP contribution in [0.4, 0.5) is 0 Å². The minimum absolute atomic E-state index is 0.0129. The standard InChI is InChI=1S/C26H36N2O3/c1-4-24(23(26(29)31-3)18-19-14-16-27-17-15-19)28-25(30-2)22-12-10-21(11-13-22)20-8-6-5-7-9-20/h5-13,19,23-25,27-28H,4,14-18H2,1-3H3/t23-,24-,25?/m1/s1. The number of esters is 1. The highest BCUT2D eigenvalue weighted by Gasteiger charge is 2.32. The third-order valence-electron chi connectivity index (χ3n) is 6.40. The number of carbonyl (C=O) groups excluding carboxylic acids is 1. The van der Waals surface area contributed by atoms with Crippen LogP contribution >= 0.6 is 0 Å². The van der Waals surface area contributed by atoms with Crippen LogP contribution in [-0.4, -0.2) is 39.3 Å². The zero-order valence-corrected chi connectivity index (χ0v) is 19.0. The van der Waals surface area contributed by atoms with Gasteiger partial charge in [0.05, 0.1) is 13.0 Å². The maximum absolute atomic E-state index is 12.7. The molecule has 0 radical (unpaired) electrons. The Kier molecular flexibility index (Phi) is 9.07. The molecule has 168 valence electrons. The van der Waals surface area contributed by atoms with Crippen molar-refractivity contribution in [3.8, 4) is 11.1 Å². The van der Waals surface area contributed by atoms with Crippen LogP contribution in [0, 0.1) is 11.8 Å². The molecule has 0 amide bonds. The Morgan fingerprint density at radius 2 is 1.68 bits per heavy atom. The number of carbonyl (C=O) groups is 1. The average Bonchev–Trinajstić information content (AvgIpc) is 2.84. The lowest BCUT2D eigenvalue weighted by molar-refractivity contribution is -0.148. The Morgan fingerprint density at radius 1 is 1.03 bits per heavy atom. The van der Waals surface area contributed by atoms with Gasteiger partial charge in [-0.25, -0.2) is 0 Å². The molecule has 2 aromatic carbocycles. The predicted molar refractivity (Wildman–Crippen MR) is 125 cm³/mol. The fourth-order valence-electron chi connectivity index (χ4n) is 4.55. The summed E-state index contributed by atoms with van der Waals surface area (Å²) < 4.78 is 11.0. The van der Waals surface area contributed by atoms with Crippen LogP contribution in [-0.2, 0) is 14.3 Å². The topological polar surface area (TPSA) is 59.6 Å². The largest absolute Gasteiger partial charge is 0.469 e. The number of rotatable bonds is 10. The van der Waals surface area contributed by atoms with Crippen molar-refractivity contribution >= 4 is 5.97 Å². The fourth-order valence-corrected chi connectivity index (χ4v) is 4.55. The van der Waals surface area contributed by atoms with Crippen molar-refractivity contribution in [3.63, 3.8) is 0 Å². The van der Waals surface area contributed by atoms with Gasteiger partial charge < -0.3 is 14.8 Å². The van der Waals surface area contributed by atoms with Crippen molar-refractivity contribution < 1.29 is 14.3 Å². The van der Waals surface area contributed by atoms with Crippen molar-refractivity contribution in [3.05, 3.63) is 60.2 Å². The number of benzene rings is 2. The molecule has 1 unspecified atom stereocenters. The minimum Gasteiger partial charge on any atom is -0.469 e. The van der Waals surface area contributed by atoms with Gasteiger partial charge in [0, 0.05) is 13.2 Å². The van der Waals surface area contributed by atoms with Crippen LogP contribution in [0.25, 0.3) is 11.1 Å². The monoisotopic (exact) mass is 424 g/mol. The van der Waals surface area contributed by atoms with Crippen LogP contribution in [0.5, 0.6) is 0 Å². The molecule has 1 saturated heterocycles. The second-order valence-corrected chi connectivity index (χ2v) is 8.34. The Labute approximate surface area is 186 Å². The van der Waals surface area contributed by atoms with Gasteiger partial charge in [-0.1, -0.05) is 61.5 Å². The summed E-state index contributed by atoms with van der Waals surface area (Å²) in [4.78, 5) is 12.7. The molecule has 1 fully saturated rings. The summed E-state index contributed by atoms with van der Waals surface area (Å²) in [5.41, 5.74) is 3.41. The number of hydrogen-bond acceptors (Lipinski definition) is 5. The van der Waals surface area contributed by atoms with Crippen molar-refractivity contribution in [2.24, 2.45) is 11.8 Å². The van der Waals surface area contributed by atoms with Crippen LogP contribution < -0.4 is 10.6 Å². The van der Waals surface area contributed by atoms with E-state index in [-0.39, 0.29) is 24.2 Å². The SMILES string of the molecule is CC[C@@H](NC(OC)c1ccc(-c2ccccc2)cc1)[C@@H](CC1CCNCC1)C(=O)OC. The molecular weight excluding hydrogens is 388 g/mol. The van der Waals surface area contributed by atoms with E-state index < -0.39 is 0 Å². The maximum Gasteiger partial charge on any atom is 0.310 e. The Bertz CT molecular complexity index is 788. The zero-order chi connectivity index (χ0) is 22.1. The molecule has 5 heteroatoms. The van der Waals surface area contributed by atoms with Crippen LogP contribution in [0.3, 0.4) is 0 Å². The molecule has 0 aromatic heterocycles. The molecular formula is C26H36N2O3. The third-order valence-corrected chi connectivity index (χ3v) is 6.40. The van der Waals surface area contributed by atoms with Gasteiger partial charge in [-0.2, -0.15) is 0 Å². The fraction of sp³-hybridized carbons (Fsp3) is 0.500. The molecule has 0 spiro atoms. The molecule has 1 heterocycles. The average molecular weight is 425 g/mol. The first kappa shape index (κ1) is 23.5. The maximum atomic E-state index is 12.7. The first-order chi connectivity index (χ1) is 15.2. The highest BCUT2D eigenvalue weighted by molar-refractivity contribution is 5.73. The number of piperidine rings is 1. The van der Waals surface area contributed by atoms with E-state index in [1.54, 1.807) is 7.11 Å². The molecule has 5 nitrogen and oxygen atoms in total. The van der Waals surface area contributed by atoms with E-state index in [9.17, 15) is 4.79 Å². The Morgan fingerprint density at radius 3 is 2.26 bits per heavy atom. The first-order valence-corrected chi connectivity index (χ1v) is 11.4. The quantitative estimate of drug-likeness (QED) is 0.433. The highest BCUT2D eigenvalue weighted by Crippen LogP contribution is 2.28. The number of hydrogen-bond donors (Lipinski definition) is 2. The third kappa shape index (κ3) is 6.39. The van der Waals surface area contributed by atoms with E-state index >= 15 is 0 Å². The van der Waals surface area contributed by atoms with Gasteiger partial charge in [-0.05, 0) is 61.4 Å². The van der Waals surface area contributed by atoms with E-state index in [4.69, 9.17) is 9.47 Å². The molecule has 1 aliphatic rings. The summed E-state index contributed by atoms with van der Waals surface area (Å²) in [6.07, 6.45) is 3.61. The lowest BCUT2D eigenvalue weighted by Gasteiger charge is -2.33. The van der Waals surface area contributed by atoms with Gasteiger partial charge in [0.25, 0.3) is 0 Å². The summed E-state index contributed by atoms with van der Waals surface area (Å²) in [5, 5.41) is 7.00. The molecule has 3 atom stereocenters. The molecule has 0 bridgehead atoms. The summed E-state index contributed by atoms with van der Waals surface area (Å²) in [5.74, 6) is 0.235. The van der Waals surface area contributed by atoms with E-state index in [2.05, 4.69) is 54.0 Å². The zero-order valence-electron chi connectivity index (χ0n) is 19.0. The van der Waals surface area contributed by atoms with E-state index in [0.29, 0.717) is 5.92 Å². The van der Waals surface area contributed by atoms with Gasteiger partial charge in [-0.3, -0.25) is 10.1 Å². The van der Waals surface area contributed by atoms with Crippen LogP contribution in [0.15, 0.2) is 54.6 Å². The summed E-state index contributed by atoms with van der Waals surface area (Å²) in [6, 6.07) is 18.7. The lowest BCUT2D eigenvalue weighted by atomic mass is 9.83. The highest BCUT2D eigenvalue weighted by atomic mass is 16.5. The molecule has 3 rings (SSSR count). The minimum atomic E-state index is -0.282. The molecule has 0 saturated carbocycles.